The van der Waals surface area contributed by atoms with Gasteiger partial charge in [0.05, 0.1) is 4.90 Å². The maximum Gasteiger partial charge on any atom is 0.251 e. The molecule has 0 saturated heterocycles. The lowest BCUT2D eigenvalue weighted by Crippen LogP contribution is -2.24. The molecule has 0 spiro atoms. The predicted octanol–water partition coefficient (Wildman–Crippen LogP) is 1.40. The molecule has 1 aromatic rings. The first-order chi connectivity index (χ1) is 7.80. The molecule has 0 aromatic heterocycles. The Bertz CT molecular complexity index is 529. The third-order valence-corrected chi connectivity index (χ3v) is 3.22. The van der Waals surface area contributed by atoms with Crippen molar-refractivity contribution in [1.29, 1.82) is 0 Å². The number of amides is 1. The first kappa shape index (κ1) is 13.4. The molecule has 0 unspecified atom stereocenters. The Morgan fingerprint density at radius 2 is 1.82 bits per heavy atom. The second kappa shape index (κ2) is 5.14. The normalized spacial score (nSPS) is 10.9. The van der Waals surface area contributed by atoms with Gasteiger partial charge in [-0.05, 0) is 31.2 Å². The average Bonchev–Trinajstić information content (AvgIpc) is 2.25. The minimum atomic E-state index is -3.22. The van der Waals surface area contributed by atoms with Crippen molar-refractivity contribution < 1.29 is 13.2 Å². The first-order valence-corrected chi connectivity index (χ1v) is 6.92. The number of sulfone groups is 1. The van der Waals surface area contributed by atoms with E-state index in [0.29, 0.717) is 12.1 Å². The molecule has 0 fully saturated rings. The number of hydrogen-bond donors (Lipinski definition) is 1. The van der Waals surface area contributed by atoms with E-state index in [9.17, 15) is 13.2 Å². The maximum atomic E-state index is 11.6. The van der Waals surface area contributed by atoms with Crippen molar-refractivity contribution in [3.63, 3.8) is 0 Å². The van der Waals surface area contributed by atoms with Crippen molar-refractivity contribution in [2.45, 2.75) is 11.8 Å². The van der Waals surface area contributed by atoms with Crippen LogP contribution >= 0.6 is 0 Å². The molecule has 4 nitrogen and oxygen atoms in total. The summed E-state index contributed by atoms with van der Waals surface area (Å²) in [4.78, 5) is 11.8. The van der Waals surface area contributed by atoms with Crippen molar-refractivity contribution in [3.05, 3.63) is 42.0 Å². The van der Waals surface area contributed by atoms with Gasteiger partial charge in [-0.25, -0.2) is 8.42 Å². The predicted molar refractivity (Wildman–Crippen MR) is 66.7 cm³/mol. The van der Waals surface area contributed by atoms with E-state index in [4.69, 9.17) is 0 Å². The number of nitrogens with one attached hydrogen (secondary N) is 1. The topological polar surface area (TPSA) is 63.2 Å². The highest BCUT2D eigenvalue weighted by Crippen LogP contribution is 2.10. The number of hydrogen-bond acceptors (Lipinski definition) is 3. The summed E-state index contributed by atoms with van der Waals surface area (Å²) in [5, 5.41) is 2.67. The zero-order chi connectivity index (χ0) is 13.1. The summed E-state index contributed by atoms with van der Waals surface area (Å²) in [5.74, 6) is -0.243. The summed E-state index contributed by atoms with van der Waals surface area (Å²) in [6, 6.07) is 5.82. The Hall–Kier alpha value is -1.62. The molecule has 1 N–H and O–H groups in total. The summed E-state index contributed by atoms with van der Waals surface area (Å²) < 4.78 is 22.4. The second-order valence-corrected chi connectivity index (χ2v) is 5.95. The van der Waals surface area contributed by atoms with Crippen LogP contribution in [0.5, 0.6) is 0 Å². The van der Waals surface area contributed by atoms with Gasteiger partial charge in [0, 0.05) is 18.4 Å². The lowest BCUT2D eigenvalue weighted by atomic mass is 10.2. The van der Waals surface area contributed by atoms with Gasteiger partial charge < -0.3 is 5.32 Å². The van der Waals surface area contributed by atoms with E-state index in [2.05, 4.69) is 11.9 Å². The first-order valence-electron chi connectivity index (χ1n) is 5.03. The van der Waals surface area contributed by atoms with Crippen LogP contribution in [0.15, 0.2) is 41.3 Å². The lowest BCUT2D eigenvalue weighted by molar-refractivity contribution is 0.0957. The molecule has 1 amide bonds. The third-order valence-electron chi connectivity index (χ3n) is 2.10. The average molecular weight is 253 g/mol. The third kappa shape index (κ3) is 4.03. The Balaban J connectivity index is 2.81. The molecule has 1 aromatic carbocycles. The lowest BCUT2D eigenvalue weighted by Gasteiger charge is -2.05. The summed E-state index contributed by atoms with van der Waals surface area (Å²) >= 11 is 0. The van der Waals surface area contributed by atoms with Crippen molar-refractivity contribution in [2.75, 3.05) is 12.8 Å². The van der Waals surface area contributed by atoms with Crippen molar-refractivity contribution in [2.24, 2.45) is 0 Å². The Labute approximate surface area is 101 Å². The fraction of sp³-hybridized carbons (Fsp3) is 0.250. The Kier molecular flexibility index (Phi) is 4.07. The summed E-state index contributed by atoms with van der Waals surface area (Å²) in [5.41, 5.74) is 1.28. The van der Waals surface area contributed by atoms with Crippen molar-refractivity contribution in [1.82, 2.24) is 5.32 Å². The minimum Gasteiger partial charge on any atom is -0.348 e. The van der Waals surface area contributed by atoms with E-state index in [1.54, 1.807) is 0 Å². The van der Waals surface area contributed by atoms with E-state index < -0.39 is 9.84 Å². The van der Waals surface area contributed by atoms with Gasteiger partial charge in [-0.1, -0.05) is 12.2 Å². The zero-order valence-electron chi connectivity index (χ0n) is 9.86. The smallest absolute Gasteiger partial charge is 0.251 e. The molecule has 0 aliphatic heterocycles. The van der Waals surface area contributed by atoms with Crippen LogP contribution < -0.4 is 5.32 Å². The highest BCUT2D eigenvalue weighted by Gasteiger charge is 2.09. The van der Waals surface area contributed by atoms with Gasteiger partial charge in [-0.3, -0.25) is 4.79 Å². The van der Waals surface area contributed by atoms with Crippen molar-refractivity contribution in [3.8, 4) is 0 Å². The molecule has 0 radical (unpaired) electrons. The number of carbonyl (C=O) groups excluding carboxylic acids is 1. The van der Waals surface area contributed by atoms with E-state index in [1.165, 1.54) is 24.3 Å². The monoisotopic (exact) mass is 253 g/mol. The van der Waals surface area contributed by atoms with E-state index in [0.717, 1.165) is 11.8 Å². The molecule has 0 atom stereocenters. The second-order valence-electron chi connectivity index (χ2n) is 3.94. The number of carbonyl (C=O) groups is 1. The van der Waals surface area contributed by atoms with Crippen LogP contribution in [0, 0.1) is 0 Å². The largest absolute Gasteiger partial charge is 0.348 e. The molecule has 0 bridgehead atoms. The van der Waals surface area contributed by atoms with Gasteiger partial charge in [-0.15, -0.1) is 0 Å². The van der Waals surface area contributed by atoms with Crippen LogP contribution in [0.25, 0.3) is 0 Å². The van der Waals surface area contributed by atoms with Crippen LogP contribution in [0.4, 0.5) is 0 Å². The molecular formula is C12H15NO3S. The van der Waals surface area contributed by atoms with Crippen LogP contribution in [0.1, 0.15) is 17.3 Å². The van der Waals surface area contributed by atoms with E-state index >= 15 is 0 Å². The Morgan fingerprint density at radius 3 is 2.24 bits per heavy atom. The van der Waals surface area contributed by atoms with E-state index in [-0.39, 0.29) is 10.8 Å². The summed E-state index contributed by atoms with van der Waals surface area (Å²) in [6.07, 6.45) is 1.13. The molecule has 92 valence electrons. The SMILES string of the molecule is C=C(C)CNC(=O)c1ccc(S(C)(=O)=O)cc1. The molecule has 0 aliphatic rings. The standard InChI is InChI=1S/C12H15NO3S/c1-9(2)8-13-12(14)10-4-6-11(7-5-10)17(3,15)16/h4-7H,1,8H2,2-3H3,(H,13,14). The molecule has 5 heteroatoms. The molecular weight excluding hydrogens is 238 g/mol. The molecule has 0 saturated carbocycles. The fourth-order valence-electron chi connectivity index (χ4n) is 1.19. The molecule has 0 aliphatic carbocycles. The molecule has 17 heavy (non-hydrogen) atoms. The molecule has 1 rings (SSSR count). The zero-order valence-corrected chi connectivity index (χ0v) is 10.7. The van der Waals surface area contributed by atoms with E-state index in [1.807, 2.05) is 6.92 Å². The number of rotatable bonds is 4. The highest BCUT2D eigenvalue weighted by molar-refractivity contribution is 7.90. The van der Waals surface area contributed by atoms with Gasteiger partial charge in [-0.2, -0.15) is 0 Å². The van der Waals surface area contributed by atoms with Crippen LogP contribution in [0.3, 0.4) is 0 Å². The number of benzene rings is 1. The van der Waals surface area contributed by atoms with Crippen LogP contribution in [0.2, 0.25) is 0 Å². The Morgan fingerprint density at radius 1 is 1.29 bits per heavy atom. The fourth-order valence-corrected chi connectivity index (χ4v) is 1.82. The minimum absolute atomic E-state index is 0.203. The van der Waals surface area contributed by atoms with Crippen LogP contribution in [-0.4, -0.2) is 27.1 Å². The maximum absolute atomic E-state index is 11.6. The highest BCUT2D eigenvalue weighted by atomic mass is 32.2. The van der Waals surface area contributed by atoms with Gasteiger partial charge in [0.15, 0.2) is 9.84 Å². The van der Waals surface area contributed by atoms with Crippen molar-refractivity contribution >= 4 is 15.7 Å². The van der Waals surface area contributed by atoms with Gasteiger partial charge in [0.25, 0.3) is 5.91 Å². The van der Waals surface area contributed by atoms with Gasteiger partial charge >= 0.3 is 0 Å². The van der Waals surface area contributed by atoms with Gasteiger partial charge in [0.2, 0.25) is 0 Å². The quantitative estimate of drug-likeness (QED) is 0.825. The van der Waals surface area contributed by atoms with Crippen LogP contribution in [-0.2, 0) is 9.84 Å². The summed E-state index contributed by atoms with van der Waals surface area (Å²) in [7, 11) is -3.22. The van der Waals surface area contributed by atoms with Gasteiger partial charge in [0.1, 0.15) is 0 Å². The summed E-state index contributed by atoms with van der Waals surface area (Å²) in [6.45, 7) is 5.90. The molecule has 0 heterocycles.